The smallest absolute Gasteiger partial charge is 0.0541 e. The van der Waals surface area contributed by atoms with Gasteiger partial charge in [-0.15, -0.1) is 11.3 Å². The molecule has 2 atom stereocenters. The van der Waals surface area contributed by atoms with E-state index in [0.29, 0.717) is 5.92 Å². The second-order valence-electron chi connectivity index (χ2n) is 15.6. The first kappa shape index (κ1) is 29.6. The van der Waals surface area contributed by atoms with Crippen LogP contribution < -0.4 is 0 Å². The molecule has 2 unspecified atom stereocenters. The highest BCUT2D eigenvalue weighted by Gasteiger charge is 2.36. The molecule has 7 aromatic carbocycles. The maximum absolute atomic E-state index is 2.52. The van der Waals surface area contributed by atoms with E-state index in [1.807, 2.05) is 11.3 Å². The van der Waals surface area contributed by atoms with Gasteiger partial charge >= 0.3 is 0 Å². The lowest BCUT2D eigenvalue weighted by Crippen LogP contribution is -2.18. The highest BCUT2D eigenvalue weighted by Crippen LogP contribution is 2.53. The third kappa shape index (κ3) is 3.97. The van der Waals surface area contributed by atoms with Gasteiger partial charge in [0, 0.05) is 53.9 Å². The molecule has 0 bridgehead atoms. The predicted molar refractivity (Wildman–Crippen MR) is 226 cm³/mol. The van der Waals surface area contributed by atoms with Crippen molar-refractivity contribution in [2.45, 2.75) is 31.1 Å². The summed E-state index contributed by atoms with van der Waals surface area (Å²) in [5.74, 6) is 0.607. The van der Waals surface area contributed by atoms with Crippen LogP contribution in [0.3, 0.4) is 0 Å². The van der Waals surface area contributed by atoms with Gasteiger partial charge in [-0.25, -0.2) is 0 Å². The Hall–Kier alpha value is -5.96. The molecule has 12 rings (SSSR count). The number of rotatable bonds is 2. The molecular formula is C51H35NS. The molecule has 0 amide bonds. The zero-order valence-corrected chi connectivity index (χ0v) is 30.4. The molecule has 0 spiro atoms. The Morgan fingerprint density at radius 1 is 0.509 bits per heavy atom. The Morgan fingerprint density at radius 3 is 2.04 bits per heavy atom. The molecular weight excluding hydrogens is 659 g/mol. The van der Waals surface area contributed by atoms with Crippen molar-refractivity contribution < 1.29 is 0 Å². The number of thiophene rings is 1. The number of allylic oxidation sites excluding steroid dienone is 4. The maximum Gasteiger partial charge on any atom is 0.0541 e. The molecule has 3 aliphatic carbocycles. The summed E-state index contributed by atoms with van der Waals surface area (Å²) in [5.41, 5.74) is 17.5. The van der Waals surface area contributed by atoms with Gasteiger partial charge in [-0.1, -0.05) is 141 Å². The molecule has 0 saturated heterocycles. The summed E-state index contributed by atoms with van der Waals surface area (Å²) in [6.45, 7) is 4.75. The first-order valence-electron chi connectivity index (χ1n) is 18.8. The highest BCUT2D eigenvalue weighted by atomic mass is 32.1. The van der Waals surface area contributed by atoms with Crippen molar-refractivity contribution >= 4 is 59.0 Å². The van der Waals surface area contributed by atoms with Crippen LogP contribution in [0.1, 0.15) is 47.9 Å². The number of para-hydroxylation sites is 1. The van der Waals surface area contributed by atoms with Crippen molar-refractivity contribution in [2.75, 3.05) is 0 Å². The average Bonchev–Trinajstić information content (AvgIpc) is 3.82. The molecule has 0 saturated carbocycles. The summed E-state index contributed by atoms with van der Waals surface area (Å²) < 4.78 is 5.22. The van der Waals surface area contributed by atoms with Gasteiger partial charge in [-0.2, -0.15) is 0 Å². The Morgan fingerprint density at radius 2 is 1.19 bits per heavy atom. The SMILES string of the molecule is CC1(C)c2ccccc2-c2cc3c(cc21)sc1c(-c2ccc4c(c2)c2ccccc2n4C2=CC4c5ccccc5-c5ccccc5C4C=C2)cccc13. The van der Waals surface area contributed by atoms with E-state index in [0.717, 1.165) is 0 Å². The second kappa shape index (κ2) is 10.6. The van der Waals surface area contributed by atoms with Crippen LogP contribution in [0.4, 0.5) is 0 Å². The van der Waals surface area contributed by atoms with Gasteiger partial charge in [0.2, 0.25) is 0 Å². The molecule has 0 N–H and O–H groups in total. The van der Waals surface area contributed by atoms with Crippen LogP contribution in [-0.2, 0) is 5.41 Å². The first-order valence-corrected chi connectivity index (χ1v) is 19.6. The lowest BCUT2D eigenvalue weighted by molar-refractivity contribution is 0.661. The molecule has 2 heterocycles. The fraction of sp³-hybridized carbons (Fsp3) is 0.0980. The van der Waals surface area contributed by atoms with Crippen LogP contribution in [0.5, 0.6) is 0 Å². The van der Waals surface area contributed by atoms with Gasteiger partial charge < -0.3 is 4.57 Å². The van der Waals surface area contributed by atoms with Crippen molar-refractivity contribution in [1.82, 2.24) is 4.57 Å². The Balaban J connectivity index is 1.02. The molecule has 250 valence electrons. The van der Waals surface area contributed by atoms with Gasteiger partial charge in [0.25, 0.3) is 0 Å². The normalized spacial score (nSPS) is 17.8. The van der Waals surface area contributed by atoms with E-state index in [9.17, 15) is 0 Å². The summed E-state index contributed by atoms with van der Waals surface area (Å²) >= 11 is 1.94. The average molecular weight is 694 g/mol. The standard InChI is InChI=1S/C51H35NS/c1-51(2)45-20-9-7-16-38(45)42-28-44-40-19-11-18-32(50(40)53-49(44)29-46(42)51)30-22-25-48-43(26-30)39-17-8-10-21-47(39)52(48)31-23-24-37-35-14-4-3-12-33(35)34-13-5-6-15-36(34)41(37)27-31/h3-29,37,41H,1-2H3. The number of nitrogens with zero attached hydrogens (tertiary/aromatic N) is 1. The summed E-state index contributed by atoms with van der Waals surface area (Å²) in [5, 5.41) is 5.28. The molecule has 0 radical (unpaired) electrons. The third-order valence-corrected chi connectivity index (χ3v) is 13.8. The van der Waals surface area contributed by atoms with Crippen molar-refractivity contribution in [1.29, 1.82) is 0 Å². The minimum atomic E-state index is -0.00684. The molecule has 0 aliphatic heterocycles. The van der Waals surface area contributed by atoms with Crippen molar-refractivity contribution in [3.05, 3.63) is 186 Å². The van der Waals surface area contributed by atoms with Crippen LogP contribution in [0.2, 0.25) is 0 Å². The van der Waals surface area contributed by atoms with Crippen LogP contribution in [0.25, 0.3) is 81.1 Å². The van der Waals surface area contributed by atoms with Crippen molar-refractivity contribution in [3.63, 3.8) is 0 Å². The fourth-order valence-corrected chi connectivity index (χ4v) is 11.4. The Kier molecular flexibility index (Phi) is 5.90. The summed E-state index contributed by atoms with van der Waals surface area (Å²) in [6, 6.07) is 54.8. The summed E-state index contributed by atoms with van der Waals surface area (Å²) in [7, 11) is 0. The van der Waals surface area contributed by atoms with Crippen LogP contribution >= 0.6 is 11.3 Å². The number of aromatic nitrogens is 1. The molecule has 9 aromatic rings. The topological polar surface area (TPSA) is 4.93 Å². The van der Waals surface area contributed by atoms with E-state index in [2.05, 4.69) is 182 Å². The fourth-order valence-electron chi connectivity index (χ4n) is 10.1. The Bertz CT molecular complexity index is 3110. The molecule has 3 aliphatic rings. The molecule has 2 aromatic heterocycles. The van der Waals surface area contributed by atoms with Crippen LogP contribution in [-0.4, -0.2) is 4.57 Å². The van der Waals surface area contributed by atoms with E-state index in [1.165, 1.54) is 103 Å². The van der Waals surface area contributed by atoms with Crippen molar-refractivity contribution in [3.8, 4) is 33.4 Å². The number of hydrogen-bond donors (Lipinski definition) is 0. The van der Waals surface area contributed by atoms with E-state index in [-0.39, 0.29) is 11.3 Å². The number of benzene rings is 7. The molecule has 0 fully saturated rings. The summed E-state index contributed by atoms with van der Waals surface area (Å²) in [6.07, 6.45) is 7.33. The van der Waals surface area contributed by atoms with E-state index in [1.54, 1.807) is 0 Å². The quantitative estimate of drug-likeness (QED) is 0.170. The second-order valence-corrected chi connectivity index (χ2v) is 16.7. The van der Waals surface area contributed by atoms with Gasteiger partial charge in [-0.05, 0) is 92.0 Å². The summed E-state index contributed by atoms with van der Waals surface area (Å²) in [4.78, 5) is 0. The lowest BCUT2D eigenvalue weighted by atomic mass is 9.70. The lowest BCUT2D eigenvalue weighted by Gasteiger charge is -2.35. The zero-order chi connectivity index (χ0) is 35.0. The first-order chi connectivity index (χ1) is 26.0. The molecule has 53 heavy (non-hydrogen) atoms. The maximum atomic E-state index is 2.52. The van der Waals surface area contributed by atoms with Crippen LogP contribution in [0.15, 0.2) is 164 Å². The Labute approximate surface area is 312 Å². The van der Waals surface area contributed by atoms with E-state index in [4.69, 9.17) is 0 Å². The van der Waals surface area contributed by atoms with Crippen molar-refractivity contribution in [2.24, 2.45) is 0 Å². The molecule has 2 heteroatoms. The largest absolute Gasteiger partial charge is 0.310 e. The molecule has 1 nitrogen and oxygen atoms in total. The monoisotopic (exact) mass is 693 g/mol. The predicted octanol–water partition coefficient (Wildman–Crippen LogP) is 14.1. The minimum absolute atomic E-state index is 0.00684. The van der Waals surface area contributed by atoms with Gasteiger partial charge in [-0.3, -0.25) is 0 Å². The zero-order valence-electron chi connectivity index (χ0n) is 29.6. The van der Waals surface area contributed by atoms with Gasteiger partial charge in [0.15, 0.2) is 0 Å². The van der Waals surface area contributed by atoms with E-state index < -0.39 is 0 Å². The number of fused-ring (bicyclic) bond motifs is 15. The van der Waals surface area contributed by atoms with Crippen LogP contribution in [0, 0.1) is 0 Å². The highest BCUT2D eigenvalue weighted by molar-refractivity contribution is 7.26. The number of hydrogen-bond acceptors (Lipinski definition) is 1. The van der Waals surface area contributed by atoms with E-state index >= 15 is 0 Å². The van der Waals surface area contributed by atoms with Gasteiger partial charge in [0.05, 0.1) is 11.0 Å². The third-order valence-electron chi connectivity index (χ3n) is 12.6. The van der Waals surface area contributed by atoms with Gasteiger partial charge in [0.1, 0.15) is 0 Å². The minimum Gasteiger partial charge on any atom is -0.310 e.